The molecule has 1 aromatic heterocycles. The lowest BCUT2D eigenvalue weighted by molar-refractivity contribution is 0.748. The molecule has 102 valence electrons. The first-order chi connectivity index (χ1) is 8.77. The number of hydrogen-bond acceptors (Lipinski definition) is 5. The van der Waals surface area contributed by atoms with Crippen molar-refractivity contribution in [3.63, 3.8) is 0 Å². The number of unbranched alkanes of at least 4 members (excludes halogenated alkanes) is 2. The zero-order valence-corrected chi connectivity index (χ0v) is 12.6. The fourth-order valence-corrected chi connectivity index (χ4v) is 2.14. The van der Waals surface area contributed by atoms with Crippen LogP contribution in [-0.4, -0.2) is 35.1 Å². The Labute approximate surface area is 118 Å². The third kappa shape index (κ3) is 5.78. The van der Waals surface area contributed by atoms with Gasteiger partial charge in [0, 0.05) is 13.1 Å². The molecule has 0 aliphatic carbocycles. The smallest absolute Gasteiger partial charge is 0.224 e. The van der Waals surface area contributed by atoms with Gasteiger partial charge in [0.05, 0.1) is 6.20 Å². The number of hydrogen-bond donors (Lipinski definition) is 2. The summed E-state index contributed by atoms with van der Waals surface area (Å²) in [5, 5.41) is 6.90. The summed E-state index contributed by atoms with van der Waals surface area (Å²) in [6.45, 7) is 3.71. The van der Waals surface area contributed by atoms with Gasteiger partial charge in [-0.05, 0) is 31.8 Å². The van der Waals surface area contributed by atoms with Crippen LogP contribution < -0.4 is 10.6 Å². The molecule has 0 saturated carbocycles. The van der Waals surface area contributed by atoms with E-state index in [2.05, 4.69) is 26.9 Å². The third-order valence-electron chi connectivity index (χ3n) is 2.40. The van der Waals surface area contributed by atoms with Crippen molar-refractivity contribution < 1.29 is 0 Å². The van der Waals surface area contributed by atoms with E-state index in [1.54, 1.807) is 6.20 Å². The Hall–Kier alpha value is -0.680. The molecule has 1 rings (SSSR count). The maximum Gasteiger partial charge on any atom is 0.224 e. The van der Waals surface area contributed by atoms with Crippen LogP contribution in [0.3, 0.4) is 0 Å². The molecule has 0 aromatic carbocycles. The van der Waals surface area contributed by atoms with Gasteiger partial charge in [0.2, 0.25) is 5.95 Å². The maximum atomic E-state index is 6.04. The molecule has 0 aliphatic rings. The van der Waals surface area contributed by atoms with Gasteiger partial charge in [-0.1, -0.05) is 18.0 Å². The fourth-order valence-electron chi connectivity index (χ4n) is 1.49. The van der Waals surface area contributed by atoms with Crippen LogP contribution in [0.15, 0.2) is 6.20 Å². The minimum atomic E-state index is 0.570. The highest BCUT2D eigenvalue weighted by Gasteiger charge is 2.03. The number of nitrogens with one attached hydrogen (secondary N) is 2. The third-order valence-corrected chi connectivity index (χ3v) is 3.37. The number of aromatic nitrogens is 2. The van der Waals surface area contributed by atoms with E-state index in [4.69, 9.17) is 11.6 Å². The lowest BCUT2D eigenvalue weighted by atomic mass is 10.2. The minimum Gasteiger partial charge on any atom is -0.369 e. The summed E-state index contributed by atoms with van der Waals surface area (Å²) in [5.74, 6) is 2.57. The molecule has 0 aliphatic heterocycles. The van der Waals surface area contributed by atoms with Crippen molar-refractivity contribution in [1.29, 1.82) is 0 Å². The lowest BCUT2D eigenvalue weighted by Gasteiger charge is -2.09. The average molecular weight is 289 g/mol. The predicted octanol–water partition coefficient (Wildman–Crippen LogP) is 3.51. The highest BCUT2D eigenvalue weighted by molar-refractivity contribution is 7.98. The zero-order valence-electron chi connectivity index (χ0n) is 11.0. The molecular formula is C12H21ClN4S. The average Bonchev–Trinajstić information content (AvgIpc) is 2.37. The van der Waals surface area contributed by atoms with Gasteiger partial charge < -0.3 is 10.6 Å². The van der Waals surface area contributed by atoms with Crippen LogP contribution >= 0.6 is 23.4 Å². The first kappa shape index (κ1) is 15.4. The van der Waals surface area contributed by atoms with Crippen molar-refractivity contribution in [1.82, 2.24) is 9.97 Å². The van der Waals surface area contributed by atoms with Gasteiger partial charge in [-0.25, -0.2) is 4.98 Å². The second-order valence-electron chi connectivity index (χ2n) is 3.90. The summed E-state index contributed by atoms with van der Waals surface area (Å²) < 4.78 is 0. The molecule has 18 heavy (non-hydrogen) atoms. The molecule has 0 bridgehead atoms. The quantitative estimate of drug-likeness (QED) is 0.681. The van der Waals surface area contributed by atoms with Crippen molar-refractivity contribution in [2.24, 2.45) is 0 Å². The molecule has 1 aromatic rings. The maximum absolute atomic E-state index is 6.04. The Morgan fingerprint density at radius 1 is 1.28 bits per heavy atom. The Morgan fingerprint density at radius 2 is 2.11 bits per heavy atom. The summed E-state index contributed by atoms with van der Waals surface area (Å²) >= 11 is 7.94. The van der Waals surface area contributed by atoms with Crippen LogP contribution in [0, 0.1) is 0 Å². The largest absolute Gasteiger partial charge is 0.369 e. The second-order valence-corrected chi connectivity index (χ2v) is 5.29. The Morgan fingerprint density at radius 3 is 2.83 bits per heavy atom. The molecule has 0 saturated heterocycles. The summed E-state index contributed by atoms with van der Waals surface area (Å²) in [6.07, 6.45) is 7.40. The Balaban J connectivity index is 2.34. The number of thioether (sulfide) groups is 1. The predicted molar refractivity (Wildman–Crippen MR) is 81.9 cm³/mol. The SMILES string of the molecule is CCNc1ncc(Cl)c(NCCCCCSC)n1. The van der Waals surface area contributed by atoms with E-state index in [9.17, 15) is 0 Å². The molecular weight excluding hydrogens is 268 g/mol. The Bertz CT molecular complexity index is 349. The van der Waals surface area contributed by atoms with E-state index in [0.29, 0.717) is 16.8 Å². The van der Waals surface area contributed by atoms with Crippen LogP contribution in [0.25, 0.3) is 0 Å². The van der Waals surface area contributed by atoms with Gasteiger partial charge in [-0.2, -0.15) is 16.7 Å². The first-order valence-corrected chi connectivity index (χ1v) is 8.04. The monoisotopic (exact) mass is 288 g/mol. The van der Waals surface area contributed by atoms with Crippen molar-refractivity contribution >= 4 is 35.1 Å². The number of anilines is 2. The standard InChI is InChI=1S/C12H21ClN4S/c1-3-14-12-16-9-10(13)11(17-12)15-7-5-4-6-8-18-2/h9H,3-8H2,1-2H3,(H2,14,15,16,17). The summed E-state index contributed by atoms with van der Waals surface area (Å²) in [4.78, 5) is 8.43. The van der Waals surface area contributed by atoms with E-state index in [1.807, 2.05) is 18.7 Å². The van der Waals surface area contributed by atoms with E-state index in [-0.39, 0.29) is 0 Å². The van der Waals surface area contributed by atoms with E-state index >= 15 is 0 Å². The topological polar surface area (TPSA) is 49.8 Å². The lowest BCUT2D eigenvalue weighted by Crippen LogP contribution is -2.08. The molecule has 0 spiro atoms. The van der Waals surface area contributed by atoms with Gasteiger partial charge in [0.25, 0.3) is 0 Å². The molecule has 0 radical (unpaired) electrons. The molecule has 0 atom stereocenters. The first-order valence-electron chi connectivity index (χ1n) is 6.27. The normalized spacial score (nSPS) is 10.4. The van der Waals surface area contributed by atoms with Crippen LogP contribution in [0.2, 0.25) is 5.02 Å². The molecule has 0 unspecified atom stereocenters. The van der Waals surface area contributed by atoms with Crippen molar-refractivity contribution in [2.45, 2.75) is 26.2 Å². The summed E-state index contributed by atoms with van der Waals surface area (Å²) in [6, 6.07) is 0. The molecule has 4 nitrogen and oxygen atoms in total. The van der Waals surface area contributed by atoms with E-state index in [1.165, 1.54) is 18.6 Å². The summed E-state index contributed by atoms with van der Waals surface area (Å²) in [5.41, 5.74) is 0. The van der Waals surface area contributed by atoms with Crippen molar-refractivity contribution in [2.75, 3.05) is 35.7 Å². The number of rotatable bonds is 9. The zero-order chi connectivity index (χ0) is 13.2. The fraction of sp³-hybridized carbons (Fsp3) is 0.667. The molecule has 6 heteroatoms. The van der Waals surface area contributed by atoms with Crippen molar-refractivity contribution in [3.8, 4) is 0 Å². The molecule has 1 heterocycles. The summed E-state index contributed by atoms with van der Waals surface area (Å²) in [7, 11) is 0. The van der Waals surface area contributed by atoms with Gasteiger partial charge >= 0.3 is 0 Å². The molecule has 0 fully saturated rings. The Kier molecular flexibility index (Phi) is 7.93. The van der Waals surface area contributed by atoms with Gasteiger partial charge in [-0.3, -0.25) is 0 Å². The van der Waals surface area contributed by atoms with Gasteiger partial charge in [-0.15, -0.1) is 0 Å². The van der Waals surface area contributed by atoms with Crippen LogP contribution in [-0.2, 0) is 0 Å². The van der Waals surface area contributed by atoms with Gasteiger partial charge in [0.15, 0.2) is 0 Å². The van der Waals surface area contributed by atoms with Gasteiger partial charge in [0.1, 0.15) is 10.8 Å². The van der Waals surface area contributed by atoms with Crippen LogP contribution in [0.4, 0.5) is 11.8 Å². The molecule has 2 N–H and O–H groups in total. The highest BCUT2D eigenvalue weighted by atomic mass is 35.5. The van der Waals surface area contributed by atoms with E-state index < -0.39 is 0 Å². The van der Waals surface area contributed by atoms with Crippen LogP contribution in [0.5, 0.6) is 0 Å². The molecule has 0 amide bonds. The number of halogens is 1. The highest BCUT2D eigenvalue weighted by Crippen LogP contribution is 2.19. The minimum absolute atomic E-state index is 0.570. The van der Waals surface area contributed by atoms with Crippen LogP contribution in [0.1, 0.15) is 26.2 Å². The number of nitrogens with zero attached hydrogens (tertiary/aromatic N) is 2. The van der Waals surface area contributed by atoms with E-state index in [0.717, 1.165) is 19.5 Å². The second kappa shape index (κ2) is 9.28. The van der Waals surface area contributed by atoms with Crippen molar-refractivity contribution in [3.05, 3.63) is 11.2 Å².